The fourth-order valence-corrected chi connectivity index (χ4v) is 1.49. The predicted molar refractivity (Wildman–Crippen MR) is 60.9 cm³/mol. The maximum Gasteiger partial charge on any atom is 0.341 e. The van der Waals surface area contributed by atoms with E-state index in [1.165, 1.54) is 13.2 Å². The Labute approximate surface area is 99.2 Å². The van der Waals surface area contributed by atoms with Gasteiger partial charge in [-0.15, -0.1) is 12.6 Å². The topological polar surface area (TPSA) is 59.3 Å². The summed E-state index contributed by atoms with van der Waals surface area (Å²) in [6, 6.07) is 5.04. The first-order valence-electron chi connectivity index (χ1n) is 4.62. The van der Waals surface area contributed by atoms with Gasteiger partial charge >= 0.3 is 5.97 Å². The van der Waals surface area contributed by atoms with Gasteiger partial charge in [0.2, 0.25) is 0 Å². The van der Waals surface area contributed by atoms with Crippen LogP contribution >= 0.6 is 12.6 Å². The number of hydrogen-bond acceptors (Lipinski definition) is 5. The first kappa shape index (κ1) is 12.4. The van der Waals surface area contributed by atoms with Crippen LogP contribution in [0.3, 0.4) is 0 Å². The molecule has 0 N–H and O–H groups in total. The van der Waals surface area contributed by atoms with Crippen LogP contribution in [0.2, 0.25) is 0 Å². The van der Waals surface area contributed by atoms with E-state index in [9.17, 15) is 4.79 Å². The van der Waals surface area contributed by atoms with Gasteiger partial charge in [0.25, 0.3) is 0 Å². The molecule has 0 bridgehead atoms. The van der Waals surface area contributed by atoms with Crippen molar-refractivity contribution in [1.82, 2.24) is 0 Å². The number of carbonyl (C=O) groups is 1. The second-order valence-corrected chi connectivity index (χ2v) is 3.35. The summed E-state index contributed by atoms with van der Waals surface area (Å²) >= 11 is 4.11. The minimum absolute atomic E-state index is 0.202. The number of hydrogen-bond donors (Lipinski definition) is 1. The zero-order chi connectivity index (χ0) is 12.1. The average molecular weight is 237 g/mol. The van der Waals surface area contributed by atoms with Crippen molar-refractivity contribution in [1.29, 1.82) is 5.26 Å². The molecule has 0 saturated carbocycles. The standard InChI is InChI=1S/C11H11NO3S/c1-3-15-11(13)7-4-5-9(16)8(6-12)10(7)14-2/h4-5,16H,3H2,1-2H3. The lowest BCUT2D eigenvalue weighted by atomic mass is 10.1. The highest BCUT2D eigenvalue weighted by Gasteiger charge is 2.18. The molecule has 0 amide bonds. The smallest absolute Gasteiger partial charge is 0.341 e. The van der Waals surface area contributed by atoms with Gasteiger partial charge in [-0.05, 0) is 19.1 Å². The molecule has 84 valence electrons. The van der Waals surface area contributed by atoms with Gasteiger partial charge in [0.15, 0.2) is 5.75 Å². The van der Waals surface area contributed by atoms with Crippen molar-refractivity contribution in [2.45, 2.75) is 11.8 Å². The lowest BCUT2D eigenvalue weighted by Gasteiger charge is -2.10. The number of carbonyl (C=O) groups excluding carboxylic acids is 1. The number of methoxy groups -OCH3 is 1. The summed E-state index contributed by atoms with van der Waals surface area (Å²) in [7, 11) is 1.39. The Balaban J connectivity index is 3.31. The summed E-state index contributed by atoms with van der Waals surface area (Å²) in [5.74, 6) is -0.308. The Morgan fingerprint density at radius 3 is 2.75 bits per heavy atom. The van der Waals surface area contributed by atoms with Crippen LogP contribution in [0, 0.1) is 11.3 Å². The monoisotopic (exact) mass is 237 g/mol. The molecule has 0 fully saturated rings. The number of benzene rings is 1. The summed E-state index contributed by atoms with van der Waals surface area (Å²) < 4.78 is 9.90. The number of thiol groups is 1. The molecule has 1 rings (SSSR count). The van der Waals surface area contributed by atoms with E-state index in [0.29, 0.717) is 4.90 Å². The minimum atomic E-state index is -0.510. The largest absolute Gasteiger partial charge is 0.494 e. The molecule has 4 nitrogen and oxygen atoms in total. The van der Waals surface area contributed by atoms with Crippen molar-refractivity contribution >= 4 is 18.6 Å². The molecule has 0 atom stereocenters. The number of nitrogens with zero attached hydrogens (tertiary/aromatic N) is 1. The highest BCUT2D eigenvalue weighted by atomic mass is 32.1. The van der Waals surface area contributed by atoms with Crippen LogP contribution in [0.4, 0.5) is 0 Å². The lowest BCUT2D eigenvalue weighted by Crippen LogP contribution is -2.08. The Kier molecular flexibility index (Phi) is 4.20. The van der Waals surface area contributed by atoms with Gasteiger partial charge in [-0.1, -0.05) is 0 Å². The average Bonchev–Trinajstić information content (AvgIpc) is 2.28. The summed E-state index contributed by atoms with van der Waals surface area (Å²) in [5, 5.41) is 8.94. The van der Waals surface area contributed by atoms with E-state index in [0.717, 1.165) is 0 Å². The van der Waals surface area contributed by atoms with Gasteiger partial charge in [-0.3, -0.25) is 0 Å². The zero-order valence-corrected chi connectivity index (χ0v) is 9.88. The van der Waals surface area contributed by atoms with Crippen molar-refractivity contribution in [3.8, 4) is 11.8 Å². The first-order valence-corrected chi connectivity index (χ1v) is 5.07. The lowest BCUT2D eigenvalue weighted by molar-refractivity contribution is 0.0522. The van der Waals surface area contributed by atoms with Crippen molar-refractivity contribution in [2.75, 3.05) is 13.7 Å². The molecule has 0 aliphatic carbocycles. The highest BCUT2D eigenvalue weighted by molar-refractivity contribution is 7.80. The van der Waals surface area contributed by atoms with Crippen LogP contribution in [0.5, 0.6) is 5.75 Å². The fraction of sp³-hybridized carbons (Fsp3) is 0.273. The van der Waals surface area contributed by atoms with E-state index in [1.807, 2.05) is 6.07 Å². The number of rotatable bonds is 3. The van der Waals surface area contributed by atoms with Gasteiger partial charge in [0.05, 0.1) is 13.7 Å². The molecule has 0 saturated heterocycles. The molecule has 16 heavy (non-hydrogen) atoms. The Bertz CT molecular complexity index is 451. The van der Waals surface area contributed by atoms with Crippen molar-refractivity contribution in [2.24, 2.45) is 0 Å². The molecule has 0 aliphatic rings. The maximum absolute atomic E-state index is 11.6. The molecule has 0 aliphatic heterocycles. The second kappa shape index (κ2) is 5.42. The van der Waals surface area contributed by atoms with Gasteiger partial charge < -0.3 is 9.47 Å². The van der Waals surface area contributed by atoms with Crippen LogP contribution in [-0.2, 0) is 4.74 Å². The second-order valence-electron chi connectivity index (χ2n) is 2.87. The van der Waals surface area contributed by atoms with E-state index in [4.69, 9.17) is 14.7 Å². The minimum Gasteiger partial charge on any atom is -0.494 e. The van der Waals surface area contributed by atoms with Gasteiger partial charge in [0, 0.05) is 4.90 Å². The van der Waals surface area contributed by atoms with E-state index < -0.39 is 5.97 Å². The normalized spacial score (nSPS) is 9.38. The first-order chi connectivity index (χ1) is 7.65. The van der Waals surface area contributed by atoms with Gasteiger partial charge in [0.1, 0.15) is 17.2 Å². The van der Waals surface area contributed by atoms with E-state index >= 15 is 0 Å². The van der Waals surface area contributed by atoms with E-state index in [1.54, 1.807) is 13.0 Å². The summed E-state index contributed by atoms with van der Waals surface area (Å²) in [6.45, 7) is 1.98. The predicted octanol–water partition coefficient (Wildman–Crippen LogP) is 2.03. The summed E-state index contributed by atoms with van der Waals surface area (Å²) in [4.78, 5) is 12.0. The molecular formula is C11H11NO3S. The van der Waals surface area contributed by atoms with Crippen molar-refractivity contribution in [3.63, 3.8) is 0 Å². The molecule has 0 spiro atoms. The Morgan fingerprint density at radius 1 is 1.56 bits per heavy atom. The molecule has 0 radical (unpaired) electrons. The van der Waals surface area contributed by atoms with Crippen LogP contribution in [0.1, 0.15) is 22.8 Å². The number of nitriles is 1. The van der Waals surface area contributed by atoms with Crippen molar-refractivity contribution < 1.29 is 14.3 Å². The molecule has 0 unspecified atom stereocenters. The van der Waals surface area contributed by atoms with Crippen LogP contribution < -0.4 is 4.74 Å². The van der Waals surface area contributed by atoms with E-state index in [2.05, 4.69) is 12.6 Å². The molecular weight excluding hydrogens is 226 g/mol. The van der Waals surface area contributed by atoms with Crippen LogP contribution in [0.25, 0.3) is 0 Å². The third kappa shape index (κ3) is 2.28. The van der Waals surface area contributed by atoms with Crippen molar-refractivity contribution in [3.05, 3.63) is 23.3 Å². The molecule has 0 heterocycles. The molecule has 0 aromatic heterocycles. The third-order valence-corrected chi connectivity index (χ3v) is 2.32. The van der Waals surface area contributed by atoms with Crippen LogP contribution in [-0.4, -0.2) is 19.7 Å². The maximum atomic E-state index is 11.6. The summed E-state index contributed by atoms with van der Waals surface area (Å²) in [6.07, 6.45) is 0. The third-order valence-electron chi connectivity index (χ3n) is 1.95. The number of esters is 1. The Morgan fingerprint density at radius 2 is 2.25 bits per heavy atom. The quantitative estimate of drug-likeness (QED) is 0.645. The summed E-state index contributed by atoms with van der Waals surface area (Å²) in [5.41, 5.74) is 0.468. The number of ether oxygens (including phenoxy) is 2. The highest BCUT2D eigenvalue weighted by Crippen LogP contribution is 2.29. The zero-order valence-electron chi connectivity index (χ0n) is 8.98. The fourth-order valence-electron chi connectivity index (χ4n) is 1.26. The Hall–Kier alpha value is -1.67. The SMILES string of the molecule is CCOC(=O)c1ccc(S)c(C#N)c1OC. The van der Waals surface area contributed by atoms with Gasteiger partial charge in [-0.2, -0.15) is 5.26 Å². The van der Waals surface area contributed by atoms with Crippen LogP contribution in [0.15, 0.2) is 17.0 Å². The molecule has 1 aromatic carbocycles. The van der Waals surface area contributed by atoms with E-state index in [-0.39, 0.29) is 23.5 Å². The van der Waals surface area contributed by atoms with Gasteiger partial charge in [-0.25, -0.2) is 4.79 Å². The molecule has 1 aromatic rings. The molecule has 5 heteroatoms.